The molecule has 1 N–H and O–H groups in total. The fourth-order valence-corrected chi connectivity index (χ4v) is 3.39. The van der Waals surface area contributed by atoms with Crippen molar-refractivity contribution in [2.24, 2.45) is 0 Å². The quantitative estimate of drug-likeness (QED) is 0.862. The number of ether oxygens (including phenoxy) is 1. The van der Waals surface area contributed by atoms with Crippen LogP contribution in [0, 0.1) is 0 Å². The Labute approximate surface area is 128 Å². The van der Waals surface area contributed by atoms with Crippen LogP contribution in [0.2, 0.25) is 0 Å². The normalized spacial score (nSPS) is 31.6. The lowest BCUT2D eigenvalue weighted by atomic mass is 9.85. The fourth-order valence-electron chi connectivity index (χ4n) is 3.39. The number of rotatable bonds is 3. The Bertz CT molecular complexity index is 375. The highest BCUT2D eigenvalue weighted by atomic mass is 16.6. The average molecular weight is 295 g/mol. The maximum absolute atomic E-state index is 11.7. The molecule has 21 heavy (non-hydrogen) atoms. The maximum atomic E-state index is 11.7. The summed E-state index contributed by atoms with van der Waals surface area (Å²) in [6, 6.07) is 1.85. The molecule has 3 rings (SSSR count). The molecule has 0 aromatic rings. The summed E-state index contributed by atoms with van der Waals surface area (Å²) in [7, 11) is 0. The first-order valence-electron chi connectivity index (χ1n) is 8.38. The van der Waals surface area contributed by atoms with E-state index in [0.717, 1.165) is 18.9 Å². The van der Waals surface area contributed by atoms with E-state index in [0.29, 0.717) is 12.1 Å². The van der Waals surface area contributed by atoms with E-state index in [9.17, 15) is 4.79 Å². The molecule has 0 radical (unpaired) electrons. The van der Waals surface area contributed by atoms with E-state index in [1.165, 1.54) is 39.0 Å². The highest BCUT2D eigenvalue weighted by Gasteiger charge is 2.38. The van der Waals surface area contributed by atoms with Crippen LogP contribution >= 0.6 is 0 Å². The number of piperazine rings is 1. The molecule has 3 fully saturated rings. The van der Waals surface area contributed by atoms with Gasteiger partial charge >= 0.3 is 6.09 Å². The zero-order valence-electron chi connectivity index (χ0n) is 13.6. The van der Waals surface area contributed by atoms with Crippen molar-refractivity contribution in [1.29, 1.82) is 0 Å². The Morgan fingerprint density at radius 2 is 1.52 bits per heavy atom. The van der Waals surface area contributed by atoms with E-state index < -0.39 is 5.60 Å². The van der Waals surface area contributed by atoms with Crippen molar-refractivity contribution in [3.8, 4) is 0 Å². The molecular weight excluding hydrogens is 266 g/mol. The standard InChI is InChI=1S/C16H29N3O2/c1-16(2,3)21-15(20)17-12-10-14(11-12)19-8-6-18(7-9-19)13-4-5-13/h12-14H,4-11H2,1-3H3,(H,17,20). The Morgan fingerprint density at radius 3 is 2.00 bits per heavy atom. The topological polar surface area (TPSA) is 44.8 Å². The van der Waals surface area contributed by atoms with Gasteiger partial charge in [-0.3, -0.25) is 9.80 Å². The van der Waals surface area contributed by atoms with Gasteiger partial charge in [-0.15, -0.1) is 0 Å². The van der Waals surface area contributed by atoms with Gasteiger partial charge in [-0.25, -0.2) is 4.79 Å². The van der Waals surface area contributed by atoms with Crippen LogP contribution in [0.5, 0.6) is 0 Å². The van der Waals surface area contributed by atoms with Gasteiger partial charge in [0, 0.05) is 44.3 Å². The van der Waals surface area contributed by atoms with Gasteiger partial charge in [-0.1, -0.05) is 0 Å². The summed E-state index contributed by atoms with van der Waals surface area (Å²) in [5, 5.41) is 2.98. The molecule has 0 bridgehead atoms. The monoisotopic (exact) mass is 295 g/mol. The molecule has 1 heterocycles. The van der Waals surface area contributed by atoms with E-state index in [1.54, 1.807) is 0 Å². The average Bonchev–Trinajstić information content (AvgIpc) is 3.15. The number of carbonyl (C=O) groups excluding carboxylic acids is 1. The summed E-state index contributed by atoms with van der Waals surface area (Å²) in [4.78, 5) is 17.0. The third-order valence-electron chi connectivity index (χ3n) is 4.76. The number of alkyl carbamates (subject to hydrolysis) is 1. The number of carbonyl (C=O) groups is 1. The predicted molar refractivity (Wildman–Crippen MR) is 82.3 cm³/mol. The number of hydrogen-bond donors (Lipinski definition) is 1. The molecular formula is C16H29N3O2. The SMILES string of the molecule is CC(C)(C)OC(=O)NC1CC(N2CCN(C3CC3)CC2)C1. The third-order valence-corrected chi connectivity index (χ3v) is 4.76. The van der Waals surface area contributed by atoms with Gasteiger partial charge in [0.2, 0.25) is 0 Å². The molecule has 0 spiro atoms. The van der Waals surface area contributed by atoms with Crippen LogP contribution < -0.4 is 5.32 Å². The van der Waals surface area contributed by atoms with E-state index in [1.807, 2.05) is 20.8 Å². The van der Waals surface area contributed by atoms with Crippen LogP contribution in [0.3, 0.4) is 0 Å². The van der Waals surface area contributed by atoms with Crippen molar-refractivity contribution < 1.29 is 9.53 Å². The molecule has 3 aliphatic rings. The molecule has 0 aromatic carbocycles. The first kappa shape index (κ1) is 15.1. The second-order valence-electron chi connectivity index (χ2n) is 7.77. The summed E-state index contributed by atoms with van der Waals surface area (Å²) < 4.78 is 5.30. The van der Waals surface area contributed by atoms with Crippen molar-refractivity contribution >= 4 is 6.09 Å². The first-order valence-corrected chi connectivity index (χ1v) is 8.38. The molecule has 5 nitrogen and oxygen atoms in total. The van der Waals surface area contributed by atoms with Gasteiger partial charge in [-0.05, 0) is 46.5 Å². The largest absolute Gasteiger partial charge is 0.444 e. The Kier molecular flexibility index (Phi) is 4.14. The summed E-state index contributed by atoms with van der Waals surface area (Å²) in [5.41, 5.74) is -0.410. The lowest BCUT2D eigenvalue weighted by Gasteiger charge is -2.46. The van der Waals surface area contributed by atoms with E-state index in [-0.39, 0.29) is 6.09 Å². The van der Waals surface area contributed by atoms with Gasteiger partial charge in [0.05, 0.1) is 0 Å². The zero-order chi connectivity index (χ0) is 15.0. The van der Waals surface area contributed by atoms with Gasteiger partial charge in [0.1, 0.15) is 5.60 Å². The lowest BCUT2D eigenvalue weighted by molar-refractivity contribution is 0.0262. The number of nitrogens with zero attached hydrogens (tertiary/aromatic N) is 2. The van der Waals surface area contributed by atoms with Crippen LogP contribution in [-0.2, 0) is 4.74 Å². The minimum absolute atomic E-state index is 0.274. The summed E-state index contributed by atoms with van der Waals surface area (Å²) in [6.45, 7) is 10.5. The number of nitrogens with one attached hydrogen (secondary N) is 1. The lowest BCUT2D eigenvalue weighted by Crippen LogP contribution is -2.58. The van der Waals surface area contributed by atoms with Gasteiger partial charge in [-0.2, -0.15) is 0 Å². The minimum atomic E-state index is -0.410. The fraction of sp³-hybridized carbons (Fsp3) is 0.938. The van der Waals surface area contributed by atoms with Crippen LogP contribution in [-0.4, -0.2) is 65.8 Å². The highest BCUT2D eigenvalue weighted by molar-refractivity contribution is 5.68. The molecule has 2 aliphatic carbocycles. The summed E-state index contributed by atoms with van der Waals surface area (Å²) in [5.74, 6) is 0. The highest BCUT2D eigenvalue weighted by Crippen LogP contribution is 2.30. The van der Waals surface area contributed by atoms with Crippen LogP contribution in [0.1, 0.15) is 46.5 Å². The smallest absolute Gasteiger partial charge is 0.407 e. The summed E-state index contributed by atoms with van der Waals surface area (Å²) in [6.07, 6.45) is 4.69. The molecule has 1 aliphatic heterocycles. The van der Waals surface area contributed by atoms with Gasteiger partial charge in [0.25, 0.3) is 0 Å². The molecule has 0 aromatic heterocycles. The molecule has 1 amide bonds. The second kappa shape index (κ2) is 5.76. The first-order chi connectivity index (χ1) is 9.90. The molecule has 5 heteroatoms. The van der Waals surface area contributed by atoms with Crippen molar-refractivity contribution in [2.75, 3.05) is 26.2 Å². The van der Waals surface area contributed by atoms with E-state index in [4.69, 9.17) is 4.74 Å². The maximum Gasteiger partial charge on any atom is 0.407 e. The molecule has 2 saturated carbocycles. The Balaban J connectivity index is 1.33. The van der Waals surface area contributed by atoms with Crippen LogP contribution in [0.15, 0.2) is 0 Å². The Morgan fingerprint density at radius 1 is 1.00 bits per heavy atom. The van der Waals surface area contributed by atoms with Gasteiger partial charge in [0.15, 0.2) is 0 Å². The zero-order valence-corrected chi connectivity index (χ0v) is 13.6. The van der Waals surface area contributed by atoms with Crippen molar-refractivity contribution in [3.63, 3.8) is 0 Å². The molecule has 1 saturated heterocycles. The van der Waals surface area contributed by atoms with Crippen molar-refractivity contribution in [2.45, 2.75) is 70.2 Å². The van der Waals surface area contributed by atoms with E-state index >= 15 is 0 Å². The predicted octanol–water partition coefficient (Wildman–Crippen LogP) is 1.82. The molecule has 120 valence electrons. The minimum Gasteiger partial charge on any atom is -0.444 e. The van der Waals surface area contributed by atoms with Crippen LogP contribution in [0.25, 0.3) is 0 Å². The van der Waals surface area contributed by atoms with Crippen LogP contribution in [0.4, 0.5) is 4.79 Å². The van der Waals surface area contributed by atoms with E-state index in [2.05, 4.69) is 15.1 Å². The summed E-state index contributed by atoms with van der Waals surface area (Å²) >= 11 is 0. The third kappa shape index (κ3) is 4.10. The Hall–Kier alpha value is -0.810. The van der Waals surface area contributed by atoms with Gasteiger partial charge < -0.3 is 10.1 Å². The molecule has 0 atom stereocenters. The van der Waals surface area contributed by atoms with Crippen molar-refractivity contribution in [1.82, 2.24) is 15.1 Å². The molecule has 0 unspecified atom stereocenters. The number of amides is 1. The number of hydrogen-bond acceptors (Lipinski definition) is 4. The second-order valence-corrected chi connectivity index (χ2v) is 7.77. The van der Waals surface area contributed by atoms with Crippen molar-refractivity contribution in [3.05, 3.63) is 0 Å².